The predicted octanol–water partition coefficient (Wildman–Crippen LogP) is 4.04. The van der Waals surface area contributed by atoms with Crippen LogP contribution >= 0.6 is 15.9 Å². The summed E-state index contributed by atoms with van der Waals surface area (Å²) in [5.74, 6) is 1.01. The minimum absolute atomic E-state index is 0.0918. The van der Waals surface area contributed by atoms with Gasteiger partial charge in [-0.15, -0.1) is 0 Å². The number of benzene rings is 1. The van der Waals surface area contributed by atoms with Crippen LogP contribution in [-0.4, -0.2) is 20.2 Å². The second-order valence-corrected chi connectivity index (χ2v) is 6.51. The molecule has 0 atom stereocenters. The van der Waals surface area contributed by atoms with Gasteiger partial charge in [0.1, 0.15) is 5.75 Å². The second-order valence-electron chi connectivity index (χ2n) is 5.65. The maximum Gasteiger partial charge on any atom is 0.123 e. The average molecular weight is 314 g/mol. The Morgan fingerprint density at radius 2 is 1.94 bits per heavy atom. The summed E-state index contributed by atoms with van der Waals surface area (Å²) < 4.78 is 7.09. The summed E-state index contributed by atoms with van der Waals surface area (Å²) in [6.45, 7) is 10.5. The van der Waals surface area contributed by atoms with E-state index in [1.807, 2.05) is 7.05 Å². The molecule has 0 aliphatic rings. The van der Waals surface area contributed by atoms with Crippen LogP contribution in [-0.2, 0) is 5.41 Å². The molecule has 0 saturated carbocycles. The number of rotatable bonds is 5. The second kappa shape index (κ2) is 6.58. The molecule has 0 aliphatic carbocycles. The van der Waals surface area contributed by atoms with Crippen LogP contribution in [0.5, 0.6) is 5.75 Å². The first-order chi connectivity index (χ1) is 8.36. The molecule has 0 heterocycles. The third kappa shape index (κ3) is 4.29. The van der Waals surface area contributed by atoms with Crippen molar-refractivity contribution in [2.24, 2.45) is 0 Å². The zero-order chi connectivity index (χ0) is 13.8. The summed E-state index contributed by atoms with van der Waals surface area (Å²) in [6, 6.07) is 4.31. The number of hydrogen-bond acceptors (Lipinski definition) is 2. The molecular weight excluding hydrogens is 290 g/mol. The zero-order valence-electron chi connectivity index (χ0n) is 12.1. The number of nitrogens with one attached hydrogen (secondary N) is 1. The Morgan fingerprint density at radius 3 is 2.50 bits per heavy atom. The molecule has 0 amide bonds. The Kier molecular flexibility index (Phi) is 5.67. The van der Waals surface area contributed by atoms with Crippen LogP contribution in [0.15, 0.2) is 16.6 Å². The van der Waals surface area contributed by atoms with E-state index in [1.54, 1.807) is 0 Å². The summed E-state index contributed by atoms with van der Waals surface area (Å²) in [5.41, 5.74) is 2.56. The van der Waals surface area contributed by atoms with Gasteiger partial charge in [-0.25, -0.2) is 0 Å². The van der Waals surface area contributed by atoms with Crippen LogP contribution < -0.4 is 10.1 Å². The molecule has 102 valence electrons. The van der Waals surface area contributed by atoms with E-state index in [4.69, 9.17) is 4.74 Å². The standard InChI is InChI=1S/C15H24BrNO/c1-11-9-14(18-8-6-7-17-5)12(10-13(11)16)15(2,3)4/h9-10,17H,6-8H2,1-5H3. The zero-order valence-corrected chi connectivity index (χ0v) is 13.6. The molecule has 1 rings (SSSR count). The van der Waals surface area contributed by atoms with Crippen molar-refractivity contribution in [3.63, 3.8) is 0 Å². The van der Waals surface area contributed by atoms with Gasteiger partial charge in [0, 0.05) is 10.0 Å². The highest BCUT2D eigenvalue weighted by atomic mass is 79.9. The van der Waals surface area contributed by atoms with E-state index in [2.05, 4.69) is 61.1 Å². The first-order valence-corrected chi connectivity index (χ1v) is 7.23. The molecule has 0 aliphatic heterocycles. The lowest BCUT2D eigenvalue weighted by Gasteiger charge is -2.24. The van der Waals surface area contributed by atoms with Gasteiger partial charge in [0.05, 0.1) is 6.61 Å². The Labute approximate surface area is 119 Å². The number of ether oxygens (including phenoxy) is 1. The maximum absolute atomic E-state index is 5.94. The fraction of sp³-hybridized carbons (Fsp3) is 0.600. The summed E-state index contributed by atoms with van der Waals surface area (Å²) in [5, 5.41) is 3.13. The lowest BCUT2D eigenvalue weighted by Crippen LogP contribution is -2.16. The molecule has 0 fully saturated rings. The van der Waals surface area contributed by atoms with E-state index >= 15 is 0 Å². The molecule has 18 heavy (non-hydrogen) atoms. The van der Waals surface area contributed by atoms with Crippen molar-refractivity contribution in [3.05, 3.63) is 27.7 Å². The summed E-state index contributed by atoms with van der Waals surface area (Å²) >= 11 is 3.60. The minimum Gasteiger partial charge on any atom is -0.493 e. The van der Waals surface area contributed by atoms with E-state index in [1.165, 1.54) is 11.1 Å². The molecule has 0 spiro atoms. The molecule has 2 nitrogen and oxygen atoms in total. The molecule has 3 heteroatoms. The number of hydrogen-bond donors (Lipinski definition) is 1. The van der Waals surface area contributed by atoms with Crippen LogP contribution in [0.4, 0.5) is 0 Å². The van der Waals surface area contributed by atoms with Gasteiger partial charge in [0.2, 0.25) is 0 Å². The highest BCUT2D eigenvalue weighted by Crippen LogP contribution is 2.35. The summed E-state index contributed by atoms with van der Waals surface area (Å²) in [7, 11) is 1.96. The predicted molar refractivity (Wildman–Crippen MR) is 81.6 cm³/mol. The first kappa shape index (κ1) is 15.5. The molecule has 0 unspecified atom stereocenters. The molecule has 0 aromatic heterocycles. The SMILES string of the molecule is CNCCCOc1cc(C)c(Br)cc1C(C)(C)C. The smallest absolute Gasteiger partial charge is 0.123 e. The van der Waals surface area contributed by atoms with Gasteiger partial charge in [0.15, 0.2) is 0 Å². The first-order valence-electron chi connectivity index (χ1n) is 6.44. The fourth-order valence-corrected chi connectivity index (χ4v) is 2.13. The van der Waals surface area contributed by atoms with Crippen molar-refractivity contribution >= 4 is 15.9 Å². The van der Waals surface area contributed by atoms with Crippen molar-refractivity contribution in [2.75, 3.05) is 20.2 Å². The third-order valence-corrected chi connectivity index (χ3v) is 3.75. The Bertz CT molecular complexity index is 396. The van der Waals surface area contributed by atoms with Crippen LogP contribution in [0.3, 0.4) is 0 Å². The highest BCUT2D eigenvalue weighted by molar-refractivity contribution is 9.10. The molecule has 1 N–H and O–H groups in total. The normalized spacial score (nSPS) is 11.7. The number of aryl methyl sites for hydroxylation is 1. The van der Waals surface area contributed by atoms with Gasteiger partial charge in [0.25, 0.3) is 0 Å². The minimum atomic E-state index is 0.0918. The van der Waals surface area contributed by atoms with Gasteiger partial charge in [-0.3, -0.25) is 0 Å². The highest BCUT2D eigenvalue weighted by Gasteiger charge is 2.20. The molecule has 0 radical (unpaired) electrons. The topological polar surface area (TPSA) is 21.3 Å². The molecule has 1 aromatic rings. The van der Waals surface area contributed by atoms with Gasteiger partial charge >= 0.3 is 0 Å². The Hall–Kier alpha value is -0.540. The van der Waals surface area contributed by atoms with Gasteiger partial charge in [-0.1, -0.05) is 36.7 Å². The van der Waals surface area contributed by atoms with Crippen molar-refractivity contribution in [2.45, 2.75) is 39.5 Å². The van der Waals surface area contributed by atoms with Crippen molar-refractivity contribution < 1.29 is 4.74 Å². The third-order valence-electron chi connectivity index (χ3n) is 2.90. The van der Waals surface area contributed by atoms with Crippen LogP contribution in [0.1, 0.15) is 38.3 Å². The van der Waals surface area contributed by atoms with Gasteiger partial charge in [-0.05, 0) is 50.0 Å². The van der Waals surface area contributed by atoms with Crippen LogP contribution in [0, 0.1) is 6.92 Å². The van der Waals surface area contributed by atoms with E-state index < -0.39 is 0 Å². The van der Waals surface area contributed by atoms with Crippen molar-refractivity contribution in [1.29, 1.82) is 0 Å². The number of halogens is 1. The van der Waals surface area contributed by atoms with Crippen LogP contribution in [0.2, 0.25) is 0 Å². The van der Waals surface area contributed by atoms with E-state index in [0.717, 1.165) is 29.8 Å². The molecule has 0 saturated heterocycles. The quantitative estimate of drug-likeness (QED) is 0.828. The van der Waals surface area contributed by atoms with Crippen molar-refractivity contribution in [3.8, 4) is 5.75 Å². The summed E-state index contributed by atoms with van der Waals surface area (Å²) in [6.07, 6.45) is 1.02. The van der Waals surface area contributed by atoms with Crippen LogP contribution in [0.25, 0.3) is 0 Å². The lowest BCUT2D eigenvalue weighted by molar-refractivity contribution is 0.301. The fourth-order valence-electron chi connectivity index (χ4n) is 1.79. The maximum atomic E-state index is 5.94. The summed E-state index contributed by atoms with van der Waals surface area (Å²) in [4.78, 5) is 0. The van der Waals surface area contributed by atoms with Gasteiger partial charge in [-0.2, -0.15) is 0 Å². The largest absolute Gasteiger partial charge is 0.493 e. The average Bonchev–Trinajstić information content (AvgIpc) is 2.27. The monoisotopic (exact) mass is 313 g/mol. The van der Waals surface area contributed by atoms with E-state index in [-0.39, 0.29) is 5.41 Å². The van der Waals surface area contributed by atoms with Crippen molar-refractivity contribution in [1.82, 2.24) is 5.32 Å². The van der Waals surface area contributed by atoms with E-state index in [0.29, 0.717) is 0 Å². The Balaban J connectivity index is 2.90. The lowest BCUT2D eigenvalue weighted by atomic mass is 9.86. The molecule has 0 bridgehead atoms. The molecule has 1 aromatic carbocycles. The Morgan fingerprint density at radius 1 is 1.28 bits per heavy atom. The van der Waals surface area contributed by atoms with E-state index in [9.17, 15) is 0 Å². The van der Waals surface area contributed by atoms with Gasteiger partial charge < -0.3 is 10.1 Å². The molecular formula is C15H24BrNO.